The highest BCUT2D eigenvalue weighted by Crippen LogP contribution is 2.31. The molecular formula is C30H35F3N4O2. The van der Waals surface area contributed by atoms with Gasteiger partial charge in [0.1, 0.15) is 0 Å². The van der Waals surface area contributed by atoms with Gasteiger partial charge in [-0.05, 0) is 68.8 Å². The number of likely N-dealkylation sites (tertiary alicyclic amines) is 2. The summed E-state index contributed by atoms with van der Waals surface area (Å²) in [5.74, 6) is 0.153. The summed E-state index contributed by atoms with van der Waals surface area (Å²) in [5, 5.41) is 4.12. The van der Waals surface area contributed by atoms with Crippen LogP contribution >= 0.6 is 0 Å². The topological polar surface area (TPSA) is 62.5 Å². The molecule has 2 saturated heterocycles. The molecule has 0 radical (unpaired) electrons. The maximum absolute atomic E-state index is 12.7. The van der Waals surface area contributed by atoms with Gasteiger partial charge in [-0.15, -0.1) is 0 Å². The van der Waals surface area contributed by atoms with Gasteiger partial charge in [-0.1, -0.05) is 65.8 Å². The second kappa shape index (κ2) is 12.3. The summed E-state index contributed by atoms with van der Waals surface area (Å²) in [6.07, 6.45) is -0.0819. The number of alkyl halides is 3. The SMILES string of the molecule is O=C(N1CCC(c2noc(CC3CCN(CCC(c4ccccc4)c4ccccc4)CC3)n2)CC1)C(F)(F)F. The van der Waals surface area contributed by atoms with Gasteiger partial charge in [-0.25, -0.2) is 0 Å². The monoisotopic (exact) mass is 540 g/mol. The van der Waals surface area contributed by atoms with Gasteiger partial charge in [0.05, 0.1) is 0 Å². The Morgan fingerprint density at radius 2 is 1.49 bits per heavy atom. The van der Waals surface area contributed by atoms with Crippen molar-refractivity contribution in [3.05, 3.63) is 83.5 Å². The Morgan fingerprint density at radius 1 is 0.897 bits per heavy atom. The van der Waals surface area contributed by atoms with Crippen LogP contribution in [0.25, 0.3) is 0 Å². The highest BCUT2D eigenvalue weighted by molar-refractivity contribution is 5.81. The fourth-order valence-electron chi connectivity index (χ4n) is 5.91. The molecule has 1 aromatic heterocycles. The molecular weight excluding hydrogens is 505 g/mol. The molecule has 2 aromatic carbocycles. The van der Waals surface area contributed by atoms with E-state index in [0.717, 1.165) is 50.2 Å². The first-order valence-electron chi connectivity index (χ1n) is 13.9. The predicted octanol–water partition coefficient (Wildman–Crippen LogP) is 5.81. The first-order chi connectivity index (χ1) is 18.9. The van der Waals surface area contributed by atoms with Crippen molar-refractivity contribution in [3.8, 4) is 0 Å². The fourth-order valence-corrected chi connectivity index (χ4v) is 5.91. The molecule has 6 nitrogen and oxygen atoms in total. The highest BCUT2D eigenvalue weighted by Gasteiger charge is 2.43. The molecule has 9 heteroatoms. The van der Waals surface area contributed by atoms with Crippen molar-refractivity contribution in [2.45, 2.75) is 56.5 Å². The maximum atomic E-state index is 12.7. The molecule has 0 bridgehead atoms. The lowest BCUT2D eigenvalue weighted by Crippen LogP contribution is -2.45. The molecule has 3 aromatic rings. The molecule has 208 valence electrons. The number of nitrogens with zero attached hydrogens (tertiary/aromatic N) is 4. The summed E-state index contributed by atoms with van der Waals surface area (Å²) < 4.78 is 43.6. The minimum Gasteiger partial charge on any atom is -0.339 e. The summed E-state index contributed by atoms with van der Waals surface area (Å²) >= 11 is 0. The molecule has 1 amide bonds. The standard InChI is InChI=1S/C30H35F3N4O2/c31-30(32,33)29(38)37-19-13-25(14-20-37)28-34-27(39-35-28)21-22-11-16-36(17-12-22)18-15-26(23-7-3-1-4-8-23)24-9-5-2-6-10-24/h1-10,22,25-26H,11-21H2. The van der Waals surface area contributed by atoms with E-state index >= 15 is 0 Å². The van der Waals surface area contributed by atoms with Crippen molar-refractivity contribution in [2.75, 3.05) is 32.7 Å². The number of amides is 1. The number of aromatic nitrogens is 2. The highest BCUT2D eigenvalue weighted by atomic mass is 19.4. The van der Waals surface area contributed by atoms with Crippen molar-refractivity contribution >= 4 is 5.91 Å². The number of halogens is 3. The third-order valence-electron chi connectivity index (χ3n) is 8.18. The number of benzene rings is 2. The van der Waals surface area contributed by atoms with Crippen LogP contribution in [-0.2, 0) is 11.2 Å². The predicted molar refractivity (Wildman–Crippen MR) is 141 cm³/mol. The molecule has 0 atom stereocenters. The quantitative estimate of drug-likeness (QED) is 0.361. The lowest BCUT2D eigenvalue weighted by molar-refractivity contribution is -0.186. The zero-order chi connectivity index (χ0) is 27.2. The van der Waals surface area contributed by atoms with Crippen LogP contribution in [0.3, 0.4) is 0 Å². The van der Waals surface area contributed by atoms with Gasteiger partial charge < -0.3 is 14.3 Å². The van der Waals surface area contributed by atoms with E-state index in [0.29, 0.717) is 36.4 Å². The Kier molecular flexibility index (Phi) is 8.65. The summed E-state index contributed by atoms with van der Waals surface area (Å²) in [6.45, 7) is 3.23. The average molecular weight is 541 g/mol. The number of piperidine rings is 2. The van der Waals surface area contributed by atoms with Crippen molar-refractivity contribution in [2.24, 2.45) is 5.92 Å². The smallest absolute Gasteiger partial charge is 0.339 e. The van der Waals surface area contributed by atoms with Crippen LogP contribution < -0.4 is 0 Å². The lowest BCUT2D eigenvalue weighted by Gasteiger charge is -2.32. The van der Waals surface area contributed by atoms with Crippen molar-refractivity contribution in [3.63, 3.8) is 0 Å². The van der Waals surface area contributed by atoms with Gasteiger partial charge in [-0.3, -0.25) is 4.79 Å². The first-order valence-corrected chi connectivity index (χ1v) is 13.9. The maximum Gasteiger partial charge on any atom is 0.471 e. The normalized spacial score (nSPS) is 18.1. The summed E-state index contributed by atoms with van der Waals surface area (Å²) in [6, 6.07) is 21.4. The van der Waals surface area contributed by atoms with Crippen molar-refractivity contribution < 1.29 is 22.5 Å². The van der Waals surface area contributed by atoms with Crippen molar-refractivity contribution in [1.29, 1.82) is 0 Å². The van der Waals surface area contributed by atoms with Gasteiger partial charge >= 0.3 is 12.1 Å². The third kappa shape index (κ3) is 7.06. The van der Waals surface area contributed by atoms with E-state index in [1.165, 1.54) is 11.1 Å². The number of hydrogen-bond donors (Lipinski definition) is 0. The van der Waals surface area contributed by atoms with E-state index in [2.05, 4.69) is 75.7 Å². The second-order valence-electron chi connectivity index (χ2n) is 10.8. The van der Waals surface area contributed by atoms with Gasteiger partial charge in [0.25, 0.3) is 0 Å². The third-order valence-corrected chi connectivity index (χ3v) is 8.18. The first kappa shape index (κ1) is 27.4. The van der Waals surface area contributed by atoms with E-state index in [-0.39, 0.29) is 19.0 Å². The largest absolute Gasteiger partial charge is 0.471 e. The molecule has 0 N–H and O–H groups in total. The second-order valence-corrected chi connectivity index (χ2v) is 10.8. The van der Waals surface area contributed by atoms with Gasteiger partial charge in [0.2, 0.25) is 5.89 Å². The van der Waals surface area contributed by atoms with Crippen LogP contribution in [0, 0.1) is 5.92 Å². The Balaban J connectivity index is 1.08. The minimum atomic E-state index is -4.83. The van der Waals surface area contributed by atoms with Crippen LogP contribution in [0.2, 0.25) is 0 Å². The number of hydrogen-bond acceptors (Lipinski definition) is 5. The van der Waals surface area contributed by atoms with Crippen LogP contribution in [0.15, 0.2) is 65.2 Å². The molecule has 2 aliphatic heterocycles. The van der Waals surface area contributed by atoms with Gasteiger partial charge in [-0.2, -0.15) is 18.2 Å². The molecule has 2 fully saturated rings. The summed E-state index contributed by atoms with van der Waals surface area (Å²) in [7, 11) is 0. The Labute approximate surface area is 227 Å². The molecule has 3 heterocycles. The molecule has 0 spiro atoms. The van der Waals surface area contributed by atoms with Crippen LogP contribution in [0.5, 0.6) is 0 Å². The molecule has 2 aliphatic rings. The Bertz CT molecular complexity index is 1150. The van der Waals surface area contributed by atoms with Crippen LogP contribution in [0.4, 0.5) is 13.2 Å². The zero-order valence-corrected chi connectivity index (χ0v) is 22.0. The molecule has 0 saturated carbocycles. The van der Waals surface area contributed by atoms with Crippen LogP contribution in [0.1, 0.15) is 66.8 Å². The minimum absolute atomic E-state index is 0.0563. The van der Waals surface area contributed by atoms with E-state index in [4.69, 9.17) is 4.52 Å². The van der Waals surface area contributed by atoms with Gasteiger partial charge in [0, 0.05) is 31.3 Å². The van der Waals surface area contributed by atoms with Crippen LogP contribution in [-0.4, -0.2) is 64.7 Å². The zero-order valence-electron chi connectivity index (χ0n) is 22.0. The fraction of sp³-hybridized carbons (Fsp3) is 0.500. The number of rotatable bonds is 8. The average Bonchev–Trinajstić information content (AvgIpc) is 3.43. The Morgan fingerprint density at radius 3 is 2.05 bits per heavy atom. The number of carbonyl (C=O) groups is 1. The van der Waals surface area contributed by atoms with E-state index in [1.54, 1.807) is 0 Å². The number of carbonyl (C=O) groups excluding carboxylic acids is 1. The lowest BCUT2D eigenvalue weighted by atomic mass is 9.87. The Hall–Kier alpha value is -3.20. The summed E-state index contributed by atoms with van der Waals surface area (Å²) in [5.41, 5.74) is 2.70. The molecule has 0 aliphatic carbocycles. The van der Waals surface area contributed by atoms with E-state index < -0.39 is 12.1 Å². The molecule has 5 rings (SSSR count). The molecule has 39 heavy (non-hydrogen) atoms. The van der Waals surface area contributed by atoms with E-state index in [1.807, 2.05) is 0 Å². The summed E-state index contributed by atoms with van der Waals surface area (Å²) in [4.78, 5) is 19.5. The van der Waals surface area contributed by atoms with Crippen molar-refractivity contribution in [1.82, 2.24) is 19.9 Å². The molecule has 0 unspecified atom stereocenters. The van der Waals surface area contributed by atoms with Gasteiger partial charge in [0.15, 0.2) is 5.82 Å². The van der Waals surface area contributed by atoms with E-state index in [9.17, 15) is 18.0 Å².